The number of piperidine rings is 1. The van der Waals surface area contributed by atoms with E-state index in [2.05, 4.69) is 22.1 Å². The summed E-state index contributed by atoms with van der Waals surface area (Å²) in [6.07, 6.45) is 3.87. The van der Waals surface area contributed by atoms with Gasteiger partial charge in [-0.2, -0.15) is 0 Å². The average Bonchev–Trinajstić information content (AvgIpc) is 2.67. The van der Waals surface area contributed by atoms with Gasteiger partial charge < -0.3 is 29.3 Å². The van der Waals surface area contributed by atoms with Crippen LogP contribution in [0.4, 0.5) is 4.79 Å². The predicted molar refractivity (Wildman–Crippen MR) is 132 cm³/mol. The normalized spacial score (nSPS) is 15.5. The maximum Gasteiger partial charge on any atom is 0.410 e. The molecule has 0 atom stereocenters. The van der Waals surface area contributed by atoms with Crippen LogP contribution in [-0.2, 0) is 14.2 Å². The molecule has 1 heterocycles. The van der Waals surface area contributed by atoms with Gasteiger partial charge in [0.25, 0.3) is 0 Å². The van der Waals surface area contributed by atoms with E-state index in [9.17, 15) is 4.79 Å². The first-order valence-electron chi connectivity index (χ1n) is 10.8. The topological polar surface area (TPSA) is 75.6 Å². The second-order valence-corrected chi connectivity index (χ2v) is 8.34. The van der Waals surface area contributed by atoms with Crippen LogP contribution in [0.1, 0.15) is 53.4 Å². The van der Waals surface area contributed by atoms with E-state index in [0.29, 0.717) is 25.7 Å². The van der Waals surface area contributed by atoms with E-state index in [4.69, 9.17) is 14.2 Å². The molecule has 8 nitrogen and oxygen atoms in total. The lowest BCUT2D eigenvalue weighted by atomic mass is 10.1. The fraction of sp³-hybridized carbons (Fsp3) is 0.905. The van der Waals surface area contributed by atoms with Crippen LogP contribution in [0, 0.1) is 0 Å². The van der Waals surface area contributed by atoms with E-state index < -0.39 is 5.60 Å². The Morgan fingerprint density at radius 2 is 1.87 bits per heavy atom. The fourth-order valence-electron chi connectivity index (χ4n) is 3.21. The number of carbonyl (C=O) groups excluding carboxylic acids is 1. The van der Waals surface area contributed by atoms with Crippen molar-refractivity contribution >= 4 is 36.0 Å². The van der Waals surface area contributed by atoms with Gasteiger partial charge in [-0.25, -0.2) is 4.79 Å². The minimum atomic E-state index is -0.484. The summed E-state index contributed by atoms with van der Waals surface area (Å²) in [4.78, 5) is 20.8. The van der Waals surface area contributed by atoms with Crippen molar-refractivity contribution in [2.45, 2.75) is 65.1 Å². The van der Waals surface area contributed by atoms with E-state index in [0.717, 1.165) is 57.9 Å². The molecule has 9 heteroatoms. The maximum atomic E-state index is 12.4. The van der Waals surface area contributed by atoms with Gasteiger partial charge in [0.1, 0.15) is 5.60 Å². The quantitative estimate of drug-likeness (QED) is 0.198. The van der Waals surface area contributed by atoms with Crippen molar-refractivity contribution in [1.29, 1.82) is 0 Å². The van der Waals surface area contributed by atoms with Crippen LogP contribution in [0.2, 0.25) is 0 Å². The van der Waals surface area contributed by atoms with Crippen LogP contribution in [0.3, 0.4) is 0 Å². The zero-order valence-electron chi connectivity index (χ0n) is 19.7. The molecule has 0 aliphatic carbocycles. The van der Waals surface area contributed by atoms with Crippen molar-refractivity contribution in [3.8, 4) is 0 Å². The molecule has 0 radical (unpaired) electrons. The van der Waals surface area contributed by atoms with Crippen molar-refractivity contribution in [2.75, 3.05) is 60.1 Å². The molecule has 0 saturated carbocycles. The first-order chi connectivity index (χ1) is 13.8. The fourth-order valence-corrected chi connectivity index (χ4v) is 3.21. The number of hydrogen-bond acceptors (Lipinski definition) is 5. The second kappa shape index (κ2) is 15.9. The molecule has 1 N–H and O–H groups in total. The summed E-state index contributed by atoms with van der Waals surface area (Å²) in [7, 11) is 3.51. The summed E-state index contributed by atoms with van der Waals surface area (Å²) in [5, 5.41) is 3.39. The van der Waals surface area contributed by atoms with Gasteiger partial charge in [-0.1, -0.05) is 6.92 Å². The molecule has 1 rings (SSSR count). The van der Waals surface area contributed by atoms with Crippen molar-refractivity contribution in [2.24, 2.45) is 4.99 Å². The minimum absolute atomic E-state index is 0. The Morgan fingerprint density at radius 1 is 1.20 bits per heavy atom. The van der Waals surface area contributed by atoms with E-state index in [1.165, 1.54) is 0 Å². The third-order valence-electron chi connectivity index (χ3n) is 4.61. The Labute approximate surface area is 200 Å². The van der Waals surface area contributed by atoms with Crippen LogP contribution < -0.4 is 5.32 Å². The summed E-state index contributed by atoms with van der Waals surface area (Å²) in [6, 6.07) is 0. The Balaban J connectivity index is 0.00000841. The first-order valence-corrected chi connectivity index (χ1v) is 10.8. The van der Waals surface area contributed by atoms with E-state index in [1.807, 2.05) is 20.8 Å². The summed E-state index contributed by atoms with van der Waals surface area (Å²) < 4.78 is 16.5. The molecule has 0 aromatic rings. The van der Waals surface area contributed by atoms with Crippen LogP contribution in [0.15, 0.2) is 4.99 Å². The van der Waals surface area contributed by atoms with Gasteiger partial charge in [-0.3, -0.25) is 4.99 Å². The Bertz CT molecular complexity index is 492. The number of guanidine groups is 1. The number of halogens is 1. The maximum absolute atomic E-state index is 12.4. The van der Waals surface area contributed by atoms with E-state index in [1.54, 1.807) is 19.1 Å². The van der Waals surface area contributed by atoms with Crippen LogP contribution in [0.5, 0.6) is 0 Å². The Hall–Kier alpha value is -0.810. The standard InChI is InChI=1S/C21H42N4O4.HI/c1-7-12-25(20(26)29-21(2,3)4)15-11-23-19(22-5)24-13-9-18(10-14-24)28-17-8-16-27-6;/h18H,7-17H2,1-6H3,(H,22,23);1H. The van der Waals surface area contributed by atoms with Crippen LogP contribution in [0.25, 0.3) is 0 Å². The summed E-state index contributed by atoms with van der Waals surface area (Å²) in [5.41, 5.74) is -0.484. The monoisotopic (exact) mass is 542 g/mol. The van der Waals surface area contributed by atoms with Gasteiger partial charge in [0.05, 0.1) is 6.10 Å². The molecular weight excluding hydrogens is 499 g/mol. The third-order valence-corrected chi connectivity index (χ3v) is 4.61. The van der Waals surface area contributed by atoms with Crippen molar-refractivity contribution < 1.29 is 19.0 Å². The largest absolute Gasteiger partial charge is 0.444 e. The lowest BCUT2D eigenvalue weighted by Gasteiger charge is -2.34. The van der Waals surface area contributed by atoms with Crippen molar-refractivity contribution in [1.82, 2.24) is 15.1 Å². The van der Waals surface area contributed by atoms with Gasteiger partial charge in [0.2, 0.25) is 0 Å². The first kappa shape index (κ1) is 29.2. The molecule has 178 valence electrons. The predicted octanol–water partition coefficient (Wildman–Crippen LogP) is 3.34. The molecule has 1 aliphatic heterocycles. The summed E-state index contributed by atoms with van der Waals surface area (Å²) in [5.74, 6) is 0.878. The lowest BCUT2D eigenvalue weighted by molar-refractivity contribution is 0.00977. The molecule has 0 aromatic carbocycles. The van der Waals surface area contributed by atoms with Gasteiger partial charge in [-0.15, -0.1) is 24.0 Å². The molecular formula is C21H43IN4O4. The average molecular weight is 543 g/mol. The van der Waals surface area contributed by atoms with Gasteiger partial charge in [0.15, 0.2) is 5.96 Å². The molecule has 0 spiro atoms. The van der Waals surface area contributed by atoms with Gasteiger partial charge in [-0.05, 0) is 46.5 Å². The van der Waals surface area contributed by atoms with Crippen molar-refractivity contribution in [3.05, 3.63) is 0 Å². The molecule has 0 aromatic heterocycles. The number of carbonyl (C=O) groups is 1. The second-order valence-electron chi connectivity index (χ2n) is 8.34. The Morgan fingerprint density at radius 3 is 2.40 bits per heavy atom. The smallest absolute Gasteiger partial charge is 0.410 e. The van der Waals surface area contributed by atoms with Crippen molar-refractivity contribution in [3.63, 3.8) is 0 Å². The molecule has 1 fully saturated rings. The number of aliphatic imine (C=N–C) groups is 1. The van der Waals surface area contributed by atoms with E-state index in [-0.39, 0.29) is 30.1 Å². The zero-order chi connectivity index (χ0) is 21.7. The molecule has 0 bridgehead atoms. The number of ether oxygens (including phenoxy) is 3. The van der Waals surface area contributed by atoms with Crippen LogP contribution in [-0.4, -0.2) is 93.7 Å². The molecule has 1 aliphatic rings. The minimum Gasteiger partial charge on any atom is -0.444 e. The number of rotatable bonds is 10. The van der Waals surface area contributed by atoms with E-state index >= 15 is 0 Å². The van der Waals surface area contributed by atoms with Gasteiger partial charge >= 0.3 is 6.09 Å². The highest BCUT2D eigenvalue weighted by molar-refractivity contribution is 14.0. The highest BCUT2D eigenvalue weighted by Gasteiger charge is 2.23. The summed E-state index contributed by atoms with van der Waals surface area (Å²) in [6.45, 7) is 13.0. The number of methoxy groups -OCH3 is 1. The zero-order valence-corrected chi connectivity index (χ0v) is 22.1. The van der Waals surface area contributed by atoms with Gasteiger partial charge in [0, 0.05) is 60.1 Å². The molecule has 0 unspecified atom stereocenters. The number of amides is 1. The number of hydrogen-bond donors (Lipinski definition) is 1. The molecule has 30 heavy (non-hydrogen) atoms. The highest BCUT2D eigenvalue weighted by atomic mass is 127. The summed E-state index contributed by atoms with van der Waals surface area (Å²) >= 11 is 0. The lowest BCUT2D eigenvalue weighted by Crippen LogP contribution is -2.49. The Kier molecular flexibility index (Phi) is 15.5. The highest BCUT2D eigenvalue weighted by Crippen LogP contribution is 2.14. The SMILES string of the molecule is CCCN(CCNC(=NC)N1CCC(OCCCOC)CC1)C(=O)OC(C)(C)C.I. The molecule has 1 amide bonds. The number of nitrogens with zero attached hydrogens (tertiary/aromatic N) is 3. The molecule has 1 saturated heterocycles. The third kappa shape index (κ3) is 12.1. The van der Waals surface area contributed by atoms with Crippen LogP contribution >= 0.6 is 24.0 Å². The number of nitrogens with one attached hydrogen (secondary N) is 1. The number of likely N-dealkylation sites (tertiary alicyclic amines) is 1.